The van der Waals surface area contributed by atoms with Crippen molar-refractivity contribution in [3.8, 4) is 0 Å². The van der Waals surface area contributed by atoms with Gasteiger partial charge in [-0.05, 0) is 19.8 Å². The van der Waals surface area contributed by atoms with Gasteiger partial charge in [0.25, 0.3) is 0 Å². The van der Waals surface area contributed by atoms with E-state index in [0.717, 1.165) is 0 Å². The molecule has 13 heavy (non-hydrogen) atoms. The van der Waals surface area contributed by atoms with Gasteiger partial charge in [0.2, 0.25) is 5.91 Å². The summed E-state index contributed by atoms with van der Waals surface area (Å²) in [6.45, 7) is 2.92. The van der Waals surface area contributed by atoms with Crippen LogP contribution in [0, 0.1) is 0 Å². The largest absolute Gasteiger partial charge is 0.383 e. The molecule has 0 aromatic rings. The summed E-state index contributed by atoms with van der Waals surface area (Å²) in [6, 6.07) is 0.682. The van der Waals surface area contributed by atoms with Crippen molar-refractivity contribution in [2.45, 2.75) is 31.8 Å². The molecule has 1 unspecified atom stereocenters. The maximum atomic E-state index is 11.2. The lowest BCUT2D eigenvalue weighted by Gasteiger charge is -2.12. The van der Waals surface area contributed by atoms with Gasteiger partial charge in [0, 0.05) is 19.2 Å². The lowest BCUT2D eigenvalue weighted by molar-refractivity contribution is -0.121. The topological polar surface area (TPSA) is 50.4 Å². The number of methoxy groups -OCH3 is 1. The fraction of sp³-hybridized carbons (Fsp3) is 0.889. The summed E-state index contributed by atoms with van der Waals surface area (Å²) in [6.07, 6.45) is 2.42. The fourth-order valence-electron chi connectivity index (χ4n) is 1.14. The SMILES string of the molecule is COCC(C)NC(=O)CNC1CC1. The standard InChI is InChI=1S/C9H18N2O2/c1-7(6-13-2)11-9(12)5-10-8-3-4-8/h7-8,10H,3-6H2,1-2H3,(H,11,12). The maximum Gasteiger partial charge on any atom is 0.234 e. The zero-order chi connectivity index (χ0) is 9.68. The number of nitrogens with one attached hydrogen (secondary N) is 2. The minimum absolute atomic E-state index is 0.0523. The molecule has 0 aromatic carbocycles. The first kappa shape index (κ1) is 10.5. The Morgan fingerprint density at radius 1 is 1.62 bits per heavy atom. The Morgan fingerprint density at radius 3 is 2.85 bits per heavy atom. The van der Waals surface area contributed by atoms with E-state index < -0.39 is 0 Å². The summed E-state index contributed by atoms with van der Waals surface area (Å²) in [5.74, 6) is 0.0523. The molecule has 4 heteroatoms. The first-order valence-electron chi connectivity index (χ1n) is 4.74. The summed E-state index contributed by atoms with van der Waals surface area (Å²) < 4.78 is 4.91. The predicted molar refractivity (Wildman–Crippen MR) is 50.5 cm³/mol. The van der Waals surface area contributed by atoms with Gasteiger partial charge in [0.15, 0.2) is 0 Å². The van der Waals surface area contributed by atoms with Gasteiger partial charge in [0.05, 0.1) is 13.2 Å². The first-order valence-corrected chi connectivity index (χ1v) is 4.74. The molecule has 0 radical (unpaired) electrons. The van der Waals surface area contributed by atoms with Gasteiger partial charge < -0.3 is 15.4 Å². The van der Waals surface area contributed by atoms with Crippen LogP contribution in [0.25, 0.3) is 0 Å². The minimum Gasteiger partial charge on any atom is -0.383 e. The molecule has 1 saturated carbocycles. The predicted octanol–water partition coefficient (Wildman–Crippen LogP) is -0.110. The molecule has 4 nitrogen and oxygen atoms in total. The second kappa shape index (κ2) is 5.19. The molecular weight excluding hydrogens is 168 g/mol. The molecule has 0 saturated heterocycles. The van der Waals surface area contributed by atoms with Crippen LogP contribution in [0.1, 0.15) is 19.8 Å². The van der Waals surface area contributed by atoms with E-state index in [-0.39, 0.29) is 11.9 Å². The molecule has 1 amide bonds. The quantitative estimate of drug-likeness (QED) is 0.608. The highest BCUT2D eigenvalue weighted by Crippen LogP contribution is 2.17. The molecule has 1 aliphatic rings. The Bertz CT molecular complexity index is 169. The normalized spacial score (nSPS) is 18.3. The second-order valence-corrected chi connectivity index (χ2v) is 3.58. The number of amides is 1. The van der Waals surface area contributed by atoms with Crippen molar-refractivity contribution < 1.29 is 9.53 Å². The first-order chi connectivity index (χ1) is 6.22. The van der Waals surface area contributed by atoms with Crippen molar-refractivity contribution in [3.05, 3.63) is 0 Å². The van der Waals surface area contributed by atoms with Crippen molar-refractivity contribution in [1.29, 1.82) is 0 Å². The zero-order valence-corrected chi connectivity index (χ0v) is 8.30. The van der Waals surface area contributed by atoms with Gasteiger partial charge in [-0.25, -0.2) is 0 Å². The van der Waals surface area contributed by atoms with Crippen molar-refractivity contribution in [1.82, 2.24) is 10.6 Å². The van der Waals surface area contributed by atoms with E-state index in [4.69, 9.17) is 4.74 Å². The molecule has 0 bridgehead atoms. The highest BCUT2D eigenvalue weighted by atomic mass is 16.5. The summed E-state index contributed by atoms with van der Waals surface area (Å²) in [5.41, 5.74) is 0. The molecule has 0 heterocycles. The zero-order valence-electron chi connectivity index (χ0n) is 8.30. The van der Waals surface area contributed by atoms with E-state index in [1.54, 1.807) is 7.11 Å². The number of carbonyl (C=O) groups is 1. The summed E-state index contributed by atoms with van der Waals surface area (Å²) in [5, 5.41) is 5.99. The van der Waals surface area contributed by atoms with E-state index in [1.807, 2.05) is 6.92 Å². The van der Waals surface area contributed by atoms with E-state index in [9.17, 15) is 4.79 Å². The van der Waals surface area contributed by atoms with Crippen molar-refractivity contribution in [2.24, 2.45) is 0 Å². The van der Waals surface area contributed by atoms with Crippen LogP contribution in [-0.4, -0.2) is 38.3 Å². The molecule has 0 aromatic heterocycles. The molecule has 1 atom stereocenters. The van der Waals surface area contributed by atoms with Crippen molar-refractivity contribution >= 4 is 5.91 Å². The lowest BCUT2D eigenvalue weighted by atomic mass is 10.3. The van der Waals surface area contributed by atoms with E-state index in [2.05, 4.69) is 10.6 Å². The number of hydrogen-bond donors (Lipinski definition) is 2. The molecule has 76 valence electrons. The molecule has 0 aliphatic heterocycles. The monoisotopic (exact) mass is 186 g/mol. The molecule has 1 rings (SSSR count). The molecule has 1 aliphatic carbocycles. The molecule has 2 N–H and O–H groups in total. The lowest BCUT2D eigenvalue weighted by Crippen LogP contribution is -2.41. The number of rotatable bonds is 6. The van der Waals surface area contributed by atoms with Crippen LogP contribution in [0.15, 0.2) is 0 Å². The average Bonchev–Trinajstić information content (AvgIpc) is 2.84. The van der Waals surface area contributed by atoms with E-state index in [1.165, 1.54) is 12.8 Å². The maximum absolute atomic E-state index is 11.2. The van der Waals surface area contributed by atoms with Crippen LogP contribution in [0.4, 0.5) is 0 Å². The van der Waals surface area contributed by atoms with Crippen LogP contribution in [0.2, 0.25) is 0 Å². The summed E-state index contributed by atoms with van der Waals surface area (Å²) in [4.78, 5) is 11.2. The fourth-order valence-corrected chi connectivity index (χ4v) is 1.14. The number of carbonyl (C=O) groups excluding carboxylic acids is 1. The third-order valence-corrected chi connectivity index (χ3v) is 1.95. The van der Waals surface area contributed by atoms with Crippen LogP contribution in [-0.2, 0) is 9.53 Å². The number of hydrogen-bond acceptors (Lipinski definition) is 3. The Morgan fingerprint density at radius 2 is 2.31 bits per heavy atom. The minimum atomic E-state index is 0.0523. The van der Waals surface area contributed by atoms with E-state index >= 15 is 0 Å². The Balaban J connectivity index is 2.01. The molecule has 0 spiro atoms. The van der Waals surface area contributed by atoms with Crippen LogP contribution < -0.4 is 10.6 Å². The van der Waals surface area contributed by atoms with Gasteiger partial charge in [-0.3, -0.25) is 4.79 Å². The Hall–Kier alpha value is -0.610. The summed E-state index contributed by atoms with van der Waals surface area (Å²) >= 11 is 0. The third-order valence-electron chi connectivity index (χ3n) is 1.95. The highest BCUT2D eigenvalue weighted by Gasteiger charge is 2.21. The highest BCUT2D eigenvalue weighted by molar-refractivity contribution is 5.78. The van der Waals surface area contributed by atoms with Gasteiger partial charge in [-0.2, -0.15) is 0 Å². The van der Waals surface area contributed by atoms with Crippen molar-refractivity contribution in [2.75, 3.05) is 20.3 Å². The Kier molecular flexibility index (Phi) is 4.18. The molecular formula is C9H18N2O2. The van der Waals surface area contributed by atoms with Crippen LogP contribution in [0.3, 0.4) is 0 Å². The van der Waals surface area contributed by atoms with Crippen LogP contribution >= 0.6 is 0 Å². The Labute approximate surface area is 79.0 Å². The second-order valence-electron chi connectivity index (χ2n) is 3.58. The van der Waals surface area contributed by atoms with Gasteiger partial charge >= 0.3 is 0 Å². The van der Waals surface area contributed by atoms with Gasteiger partial charge in [-0.1, -0.05) is 0 Å². The average molecular weight is 186 g/mol. The smallest absolute Gasteiger partial charge is 0.234 e. The van der Waals surface area contributed by atoms with Gasteiger partial charge in [0.1, 0.15) is 0 Å². The van der Waals surface area contributed by atoms with Crippen molar-refractivity contribution in [3.63, 3.8) is 0 Å². The third kappa shape index (κ3) is 4.85. The number of ether oxygens (including phenoxy) is 1. The van der Waals surface area contributed by atoms with Gasteiger partial charge in [-0.15, -0.1) is 0 Å². The van der Waals surface area contributed by atoms with E-state index in [0.29, 0.717) is 19.2 Å². The molecule has 1 fully saturated rings. The summed E-state index contributed by atoms with van der Waals surface area (Å²) in [7, 11) is 1.63. The van der Waals surface area contributed by atoms with Crippen LogP contribution in [0.5, 0.6) is 0 Å².